The lowest BCUT2D eigenvalue weighted by atomic mass is 9.90. The van der Waals surface area contributed by atoms with Gasteiger partial charge in [-0.3, -0.25) is 4.79 Å². The van der Waals surface area contributed by atoms with Gasteiger partial charge in [-0.25, -0.2) is 8.42 Å². The van der Waals surface area contributed by atoms with Crippen molar-refractivity contribution in [3.8, 4) is 0 Å². The lowest BCUT2D eigenvalue weighted by molar-refractivity contribution is -0.151. The van der Waals surface area contributed by atoms with Gasteiger partial charge in [0.15, 0.2) is 0 Å². The zero-order valence-corrected chi connectivity index (χ0v) is 13.4. The number of nitrogens with zero attached hydrogens (tertiary/aromatic N) is 1. The number of esters is 1. The van der Waals surface area contributed by atoms with Crippen LogP contribution in [0.15, 0.2) is 0 Å². The second kappa shape index (κ2) is 4.34. The first-order valence-electron chi connectivity index (χ1n) is 6.96. The van der Waals surface area contributed by atoms with Crippen LogP contribution in [0.5, 0.6) is 0 Å². The summed E-state index contributed by atoms with van der Waals surface area (Å²) in [6, 6.07) is -0.212. The molecule has 0 aromatic heterocycles. The minimum absolute atomic E-state index is 0.0948. The highest BCUT2D eigenvalue weighted by Crippen LogP contribution is 2.58. The molecule has 0 N–H and O–H groups in total. The van der Waals surface area contributed by atoms with E-state index >= 15 is 0 Å². The van der Waals surface area contributed by atoms with Gasteiger partial charge in [-0.15, -0.1) is 11.6 Å². The summed E-state index contributed by atoms with van der Waals surface area (Å²) in [5.74, 6) is -0.396. The van der Waals surface area contributed by atoms with E-state index in [1.54, 1.807) is 4.31 Å². The topological polar surface area (TPSA) is 63.7 Å². The summed E-state index contributed by atoms with van der Waals surface area (Å²) in [5, 5.41) is -0.289. The zero-order chi connectivity index (χ0) is 14.9. The number of fused-ring (bicyclic) bond motifs is 1. The third-order valence-corrected chi connectivity index (χ3v) is 7.66. The molecule has 3 fully saturated rings. The molecular formula is C13H20ClNO4S. The third kappa shape index (κ3) is 1.84. The Morgan fingerprint density at radius 1 is 1.35 bits per heavy atom. The van der Waals surface area contributed by atoms with E-state index in [0.717, 1.165) is 6.42 Å². The quantitative estimate of drug-likeness (QED) is 0.569. The fourth-order valence-electron chi connectivity index (χ4n) is 4.36. The SMILES string of the molecule is CC(C)(C)N1C2C3CC(CC3S1(=O)=O)C2OC(=O)CCl. The van der Waals surface area contributed by atoms with Crippen molar-refractivity contribution in [2.45, 2.75) is 56.5 Å². The molecule has 1 aliphatic heterocycles. The summed E-state index contributed by atoms with van der Waals surface area (Å²) in [6.45, 7) is 5.68. The highest BCUT2D eigenvalue weighted by molar-refractivity contribution is 7.90. The van der Waals surface area contributed by atoms with Crippen molar-refractivity contribution in [2.75, 3.05) is 5.88 Å². The summed E-state index contributed by atoms with van der Waals surface area (Å²) in [4.78, 5) is 11.5. The largest absolute Gasteiger partial charge is 0.459 e. The van der Waals surface area contributed by atoms with Crippen LogP contribution < -0.4 is 0 Å². The smallest absolute Gasteiger partial charge is 0.321 e. The molecule has 2 saturated carbocycles. The lowest BCUT2D eigenvalue weighted by Crippen LogP contribution is -2.52. The Balaban J connectivity index is 1.99. The average molecular weight is 322 g/mol. The monoisotopic (exact) mass is 321 g/mol. The van der Waals surface area contributed by atoms with Crippen molar-refractivity contribution in [2.24, 2.45) is 11.8 Å². The van der Waals surface area contributed by atoms with E-state index in [4.69, 9.17) is 16.3 Å². The van der Waals surface area contributed by atoms with Crippen molar-refractivity contribution in [3.05, 3.63) is 0 Å². The van der Waals surface area contributed by atoms with Crippen LogP contribution in [0, 0.1) is 11.8 Å². The third-order valence-electron chi connectivity index (χ3n) is 4.79. The fraction of sp³-hybridized carbons (Fsp3) is 0.923. The van der Waals surface area contributed by atoms with Crippen LogP contribution >= 0.6 is 11.6 Å². The van der Waals surface area contributed by atoms with E-state index in [1.807, 2.05) is 20.8 Å². The van der Waals surface area contributed by atoms with Gasteiger partial charge in [0.1, 0.15) is 12.0 Å². The highest BCUT2D eigenvalue weighted by atomic mass is 35.5. The lowest BCUT2D eigenvalue weighted by Gasteiger charge is -2.37. The standard InChI is InChI=1S/C13H20ClNO4S/c1-13(2,3)15-11-8-4-7(5-9(8)20(15,17)18)12(11)19-10(16)6-14/h7-9,11-12H,4-6H2,1-3H3. The maximum Gasteiger partial charge on any atom is 0.321 e. The number of carbonyl (C=O) groups excluding carboxylic acids is 1. The predicted octanol–water partition coefficient (Wildman–Crippen LogP) is 1.36. The van der Waals surface area contributed by atoms with Crippen molar-refractivity contribution in [1.29, 1.82) is 0 Å². The Bertz CT molecular complexity index is 541. The molecule has 114 valence electrons. The molecule has 0 radical (unpaired) electrons. The van der Waals surface area contributed by atoms with Crippen molar-refractivity contribution in [3.63, 3.8) is 0 Å². The summed E-state index contributed by atoms with van der Waals surface area (Å²) < 4.78 is 32.5. The van der Waals surface area contributed by atoms with Gasteiger partial charge >= 0.3 is 5.97 Å². The number of alkyl halides is 1. The number of sulfonamides is 1. The highest BCUT2D eigenvalue weighted by Gasteiger charge is 2.69. The zero-order valence-electron chi connectivity index (χ0n) is 11.9. The number of halogens is 1. The van der Waals surface area contributed by atoms with Crippen molar-refractivity contribution in [1.82, 2.24) is 4.31 Å². The molecule has 7 heteroatoms. The maximum absolute atomic E-state index is 12.7. The van der Waals surface area contributed by atoms with E-state index in [2.05, 4.69) is 0 Å². The summed E-state index contributed by atoms with van der Waals surface area (Å²) in [7, 11) is -3.30. The number of ether oxygens (including phenoxy) is 1. The molecule has 0 aromatic carbocycles. The fourth-order valence-corrected chi connectivity index (χ4v) is 7.30. The summed E-state index contributed by atoms with van der Waals surface area (Å²) in [5.41, 5.74) is -0.499. The molecule has 2 bridgehead atoms. The summed E-state index contributed by atoms with van der Waals surface area (Å²) in [6.07, 6.45) is 1.11. The molecular weight excluding hydrogens is 302 g/mol. The van der Waals surface area contributed by atoms with Gasteiger partial charge in [-0.05, 0) is 45.4 Å². The van der Waals surface area contributed by atoms with Crippen LogP contribution in [0.2, 0.25) is 0 Å². The molecule has 5 atom stereocenters. The molecule has 20 heavy (non-hydrogen) atoms. The van der Waals surface area contributed by atoms with Gasteiger partial charge in [0, 0.05) is 5.54 Å². The molecule has 3 aliphatic rings. The molecule has 2 aliphatic carbocycles. The molecule has 0 amide bonds. The average Bonchev–Trinajstić information content (AvgIpc) is 2.90. The Labute approximate surface area is 124 Å². The normalized spacial score (nSPS) is 42.1. The van der Waals surface area contributed by atoms with Crippen LogP contribution in [-0.4, -0.2) is 47.5 Å². The van der Waals surface area contributed by atoms with E-state index in [9.17, 15) is 13.2 Å². The Morgan fingerprint density at radius 3 is 2.55 bits per heavy atom. The molecule has 1 saturated heterocycles. The van der Waals surface area contributed by atoms with Gasteiger partial charge in [0.25, 0.3) is 0 Å². The van der Waals surface area contributed by atoms with E-state index in [0.29, 0.717) is 6.42 Å². The first-order valence-corrected chi connectivity index (χ1v) is 9.00. The van der Waals surface area contributed by atoms with Crippen LogP contribution in [0.1, 0.15) is 33.6 Å². The molecule has 5 unspecified atom stereocenters. The number of rotatable bonds is 2. The summed E-state index contributed by atoms with van der Waals surface area (Å²) >= 11 is 5.51. The Morgan fingerprint density at radius 2 is 2.00 bits per heavy atom. The minimum Gasteiger partial charge on any atom is -0.459 e. The number of hydrogen-bond donors (Lipinski definition) is 0. The first-order chi connectivity index (χ1) is 9.17. The second-order valence-electron chi connectivity index (χ2n) is 7.02. The van der Waals surface area contributed by atoms with Crippen LogP contribution in [0.4, 0.5) is 0 Å². The van der Waals surface area contributed by atoms with Gasteiger partial charge in [0.2, 0.25) is 10.0 Å². The van der Waals surface area contributed by atoms with Gasteiger partial charge in [-0.2, -0.15) is 4.31 Å². The Hall–Kier alpha value is -0.330. The maximum atomic E-state index is 12.7. The number of hydrogen-bond acceptors (Lipinski definition) is 4. The Kier molecular flexibility index (Phi) is 3.16. The van der Waals surface area contributed by atoms with Crippen molar-refractivity contribution >= 4 is 27.6 Å². The molecule has 3 rings (SSSR count). The minimum atomic E-state index is -3.30. The number of carbonyl (C=O) groups is 1. The van der Waals surface area contributed by atoms with Crippen LogP contribution in [0.25, 0.3) is 0 Å². The van der Waals surface area contributed by atoms with Crippen LogP contribution in [-0.2, 0) is 19.6 Å². The van der Waals surface area contributed by atoms with Gasteiger partial charge < -0.3 is 4.74 Å². The molecule has 0 aromatic rings. The van der Waals surface area contributed by atoms with Crippen LogP contribution in [0.3, 0.4) is 0 Å². The van der Waals surface area contributed by atoms with E-state index in [1.165, 1.54) is 0 Å². The predicted molar refractivity (Wildman–Crippen MR) is 74.9 cm³/mol. The van der Waals surface area contributed by atoms with Gasteiger partial charge in [0.05, 0.1) is 11.3 Å². The molecule has 1 heterocycles. The molecule has 0 spiro atoms. The van der Waals surface area contributed by atoms with Crippen molar-refractivity contribution < 1.29 is 17.9 Å². The second-order valence-corrected chi connectivity index (χ2v) is 9.32. The first kappa shape index (κ1) is 14.6. The van der Waals surface area contributed by atoms with E-state index < -0.39 is 21.5 Å². The van der Waals surface area contributed by atoms with E-state index in [-0.39, 0.29) is 35.1 Å². The molecule has 5 nitrogen and oxygen atoms in total. The van der Waals surface area contributed by atoms with Gasteiger partial charge in [-0.1, -0.05) is 0 Å².